The van der Waals surface area contributed by atoms with E-state index in [1.165, 1.54) is 21.8 Å². The maximum Gasteiger partial charge on any atom is 0.275 e. The highest BCUT2D eigenvalue weighted by molar-refractivity contribution is 7.92. The molecular weight excluding hydrogens is 320 g/mol. The normalized spacial score (nSPS) is 28.8. The summed E-state index contributed by atoms with van der Waals surface area (Å²) in [6, 6.07) is 0. The number of sulfonamides is 1. The number of nitrogens with one attached hydrogen (secondary N) is 3. The van der Waals surface area contributed by atoms with Crippen molar-refractivity contribution >= 4 is 33.0 Å². The molecule has 6 nitrogen and oxygen atoms in total. The van der Waals surface area contributed by atoms with Gasteiger partial charge in [-0.05, 0) is 43.3 Å². The average molecular weight is 342 g/mol. The monoisotopic (exact) mass is 342 g/mol. The fourth-order valence-corrected chi connectivity index (χ4v) is 6.07. The molecule has 0 saturated carbocycles. The van der Waals surface area contributed by atoms with Gasteiger partial charge in [0.1, 0.15) is 0 Å². The smallest absolute Gasteiger partial charge is 0.275 e. The van der Waals surface area contributed by atoms with Gasteiger partial charge >= 0.3 is 0 Å². The van der Waals surface area contributed by atoms with Crippen LogP contribution in [0.5, 0.6) is 0 Å². The van der Waals surface area contributed by atoms with Crippen LogP contribution in [0.2, 0.25) is 0 Å². The van der Waals surface area contributed by atoms with E-state index < -0.39 is 10.0 Å². The largest absolute Gasteiger partial charge is 0.323 e. The van der Waals surface area contributed by atoms with E-state index in [1.54, 1.807) is 7.05 Å². The summed E-state index contributed by atoms with van der Waals surface area (Å²) in [7, 11) is -1.93. The summed E-state index contributed by atoms with van der Waals surface area (Å²) >= 11 is 1.39. The van der Waals surface area contributed by atoms with Crippen LogP contribution in [-0.4, -0.2) is 34.5 Å². The van der Waals surface area contributed by atoms with Crippen LogP contribution in [0.15, 0.2) is 9.20 Å². The molecule has 2 atom stereocenters. The first-order chi connectivity index (χ1) is 10.5. The number of aliphatic imine (C=N–C) groups is 1. The molecule has 0 amide bonds. The van der Waals surface area contributed by atoms with Gasteiger partial charge in [0.15, 0.2) is 4.21 Å². The summed E-state index contributed by atoms with van der Waals surface area (Å²) in [6.07, 6.45) is 1.88. The molecule has 2 aliphatic heterocycles. The molecule has 2 aliphatic rings. The first kappa shape index (κ1) is 15.8. The number of rotatable bonds is 2. The predicted octanol–water partition coefficient (Wildman–Crippen LogP) is 1.71. The van der Waals surface area contributed by atoms with Crippen LogP contribution in [0.4, 0.5) is 5.69 Å². The second kappa shape index (κ2) is 5.82. The number of thiophene rings is 1. The molecule has 1 aromatic rings. The molecule has 0 spiro atoms. The lowest BCUT2D eigenvalue weighted by Crippen LogP contribution is -2.40. The summed E-state index contributed by atoms with van der Waals surface area (Å²) in [5.41, 5.74) is 1.93. The molecule has 22 heavy (non-hydrogen) atoms. The molecule has 0 radical (unpaired) electrons. The van der Waals surface area contributed by atoms with Crippen LogP contribution in [0.25, 0.3) is 0 Å². The fraction of sp³-hybridized carbons (Fsp3) is 0.643. The van der Waals surface area contributed by atoms with Crippen molar-refractivity contribution in [3.63, 3.8) is 0 Å². The number of hydrogen-bond donors (Lipinski definition) is 3. The first-order valence-electron chi connectivity index (χ1n) is 7.60. The highest BCUT2D eigenvalue weighted by Crippen LogP contribution is 2.46. The van der Waals surface area contributed by atoms with E-state index in [9.17, 15) is 8.42 Å². The molecule has 3 N–H and O–H groups in total. The molecule has 0 aromatic carbocycles. The van der Waals surface area contributed by atoms with Gasteiger partial charge in [0.05, 0.1) is 5.69 Å². The van der Waals surface area contributed by atoms with Crippen molar-refractivity contribution in [1.29, 1.82) is 0 Å². The third-order valence-corrected chi connectivity index (χ3v) is 7.62. The number of anilines is 1. The second-order valence-electron chi connectivity index (χ2n) is 5.83. The van der Waals surface area contributed by atoms with Gasteiger partial charge in [-0.3, -0.25) is 4.99 Å². The van der Waals surface area contributed by atoms with Gasteiger partial charge in [-0.2, -0.15) is 0 Å². The van der Waals surface area contributed by atoms with Crippen LogP contribution in [-0.2, 0) is 16.4 Å². The quantitative estimate of drug-likeness (QED) is 0.764. The van der Waals surface area contributed by atoms with Crippen molar-refractivity contribution in [2.24, 2.45) is 10.9 Å². The second-order valence-corrected chi connectivity index (χ2v) is 8.82. The maximum absolute atomic E-state index is 12.5. The Hall–Kier alpha value is -1.12. The molecule has 1 saturated heterocycles. The van der Waals surface area contributed by atoms with Crippen LogP contribution in [0.3, 0.4) is 0 Å². The van der Waals surface area contributed by atoms with E-state index >= 15 is 0 Å². The number of hydrogen-bond acceptors (Lipinski definition) is 5. The summed E-state index contributed by atoms with van der Waals surface area (Å²) < 4.78 is 27.8. The number of aryl methyl sites for hydroxylation is 1. The Kier molecular flexibility index (Phi) is 4.17. The Morgan fingerprint density at radius 1 is 1.41 bits per heavy atom. The fourth-order valence-electron chi connectivity index (χ4n) is 3.29. The van der Waals surface area contributed by atoms with Crippen molar-refractivity contribution in [1.82, 2.24) is 10.0 Å². The van der Waals surface area contributed by atoms with E-state index in [4.69, 9.17) is 0 Å². The van der Waals surface area contributed by atoms with E-state index in [0.717, 1.165) is 31.6 Å². The van der Waals surface area contributed by atoms with E-state index in [2.05, 4.69) is 34.2 Å². The topological polar surface area (TPSA) is 82.6 Å². The van der Waals surface area contributed by atoms with Crippen LogP contribution in [0.1, 0.15) is 36.6 Å². The average Bonchev–Trinajstić information content (AvgIpc) is 2.86. The molecule has 8 heteroatoms. The number of nitrogens with zero attached hydrogens (tertiary/aromatic N) is 1. The summed E-state index contributed by atoms with van der Waals surface area (Å²) in [5, 5.41) is 6.60. The molecule has 0 bridgehead atoms. The van der Waals surface area contributed by atoms with Gasteiger partial charge in [-0.25, -0.2) is 13.1 Å². The molecule has 1 fully saturated rings. The van der Waals surface area contributed by atoms with E-state index in [0.29, 0.717) is 22.0 Å². The maximum atomic E-state index is 12.5. The zero-order chi connectivity index (χ0) is 15.9. The Morgan fingerprint density at radius 2 is 2.18 bits per heavy atom. The minimum Gasteiger partial charge on any atom is -0.323 e. The number of piperidine rings is 1. The lowest BCUT2D eigenvalue weighted by atomic mass is 9.81. The first-order valence-corrected chi connectivity index (χ1v) is 9.90. The van der Waals surface area contributed by atoms with Crippen LogP contribution >= 0.6 is 11.3 Å². The highest BCUT2D eigenvalue weighted by atomic mass is 32.2. The Labute approximate surface area is 135 Å². The Bertz CT molecular complexity index is 709. The zero-order valence-corrected chi connectivity index (χ0v) is 14.7. The lowest BCUT2D eigenvalue weighted by molar-refractivity contribution is 0.349. The third-order valence-electron chi connectivity index (χ3n) is 4.41. The Balaban J connectivity index is 2.17. The molecular formula is C14H22N4O2S2. The van der Waals surface area contributed by atoms with Crippen LogP contribution in [0, 0.1) is 5.92 Å². The van der Waals surface area contributed by atoms with E-state index in [-0.39, 0.29) is 0 Å². The van der Waals surface area contributed by atoms with Crippen molar-refractivity contribution in [3.8, 4) is 0 Å². The van der Waals surface area contributed by atoms with Gasteiger partial charge < -0.3 is 10.6 Å². The molecule has 1 aromatic heterocycles. The molecule has 3 heterocycles. The minimum absolute atomic E-state index is 0.302. The van der Waals surface area contributed by atoms with Gasteiger partial charge in [0.2, 0.25) is 5.96 Å². The summed E-state index contributed by atoms with van der Waals surface area (Å²) in [6.45, 7) is 6.26. The van der Waals surface area contributed by atoms with E-state index in [1.807, 2.05) is 0 Å². The Morgan fingerprint density at radius 3 is 2.82 bits per heavy atom. The van der Waals surface area contributed by atoms with Crippen molar-refractivity contribution in [2.45, 2.75) is 36.8 Å². The minimum atomic E-state index is -3.51. The van der Waals surface area contributed by atoms with Gasteiger partial charge in [-0.15, -0.1) is 11.3 Å². The van der Waals surface area contributed by atoms with Gasteiger partial charge in [0.25, 0.3) is 10.0 Å². The SMILES string of the molecule is CCc1sc2c(c1C1CCNCC1C)NC(=NC)NS2(=O)=O. The lowest BCUT2D eigenvalue weighted by Gasteiger charge is -2.31. The summed E-state index contributed by atoms with van der Waals surface area (Å²) in [5.74, 6) is 1.17. The van der Waals surface area contributed by atoms with Crippen molar-refractivity contribution in [2.75, 3.05) is 25.5 Å². The van der Waals surface area contributed by atoms with Crippen LogP contribution < -0.4 is 15.4 Å². The molecule has 2 unspecified atom stereocenters. The van der Waals surface area contributed by atoms with Crippen molar-refractivity contribution in [3.05, 3.63) is 10.4 Å². The molecule has 0 aliphatic carbocycles. The standard InChI is InChI=1S/C14H22N4O2S2/c1-4-10-11(9-5-6-16-7-8(9)2)12-13(21-10)22(19,20)18-14(15-3)17-12/h8-9,16H,4-7H2,1-3H3,(H2,15,17,18). The summed E-state index contributed by atoms with van der Waals surface area (Å²) in [4.78, 5) is 5.16. The number of fused-ring (bicyclic) bond motifs is 1. The third kappa shape index (κ3) is 2.53. The van der Waals surface area contributed by atoms with Crippen molar-refractivity contribution < 1.29 is 8.42 Å². The molecule has 122 valence electrons. The van der Waals surface area contributed by atoms with Gasteiger partial charge in [0, 0.05) is 11.9 Å². The highest BCUT2D eigenvalue weighted by Gasteiger charge is 2.37. The molecule has 3 rings (SSSR count). The predicted molar refractivity (Wildman–Crippen MR) is 90.4 cm³/mol. The zero-order valence-electron chi connectivity index (χ0n) is 13.1. The number of guanidine groups is 1. The van der Waals surface area contributed by atoms with Gasteiger partial charge in [-0.1, -0.05) is 13.8 Å².